The molecule has 0 saturated heterocycles. The minimum Gasteiger partial charge on any atom is -0.485 e. The van der Waals surface area contributed by atoms with Crippen molar-refractivity contribution in [3.8, 4) is 5.75 Å². The van der Waals surface area contributed by atoms with E-state index in [1.165, 1.54) is 18.2 Å². The average Bonchev–Trinajstić information content (AvgIpc) is 3.08. The Bertz CT molecular complexity index is 1000. The van der Waals surface area contributed by atoms with Crippen LogP contribution in [0.15, 0.2) is 43.2 Å². The van der Waals surface area contributed by atoms with E-state index in [2.05, 4.69) is 27.3 Å². The van der Waals surface area contributed by atoms with Crippen LogP contribution in [0, 0.1) is 5.82 Å². The zero-order valence-electron chi connectivity index (χ0n) is 14.7. The molecular weight excluding hydrogens is 352 g/mol. The summed E-state index contributed by atoms with van der Waals surface area (Å²) in [6.07, 6.45) is 2.68. The van der Waals surface area contributed by atoms with Gasteiger partial charge in [0.25, 0.3) is 0 Å². The summed E-state index contributed by atoms with van der Waals surface area (Å²) in [5.41, 5.74) is 2.48. The molecular formula is C19H19F2N5O. The van der Waals surface area contributed by atoms with Crippen LogP contribution in [0.3, 0.4) is 0 Å². The third kappa shape index (κ3) is 3.30. The highest BCUT2D eigenvalue weighted by molar-refractivity contribution is 5.73. The predicted molar refractivity (Wildman–Crippen MR) is 98.9 cm³/mol. The molecule has 0 aliphatic carbocycles. The van der Waals surface area contributed by atoms with Crippen molar-refractivity contribution in [3.05, 3.63) is 60.2 Å². The Morgan fingerprint density at radius 3 is 3.04 bits per heavy atom. The van der Waals surface area contributed by atoms with Crippen LogP contribution >= 0.6 is 0 Å². The molecule has 1 aliphatic heterocycles. The smallest absolute Gasteiger partial charge is 0.166 e. The Morgan fingerprint density at radius 1 is 1.37 bits per heavy atom. The first-order valence-electron chi connectivity index (χ1n) is 8.61. The Labute approximate surface area is 154 Å². The SMILES string of the molecule is C=C1NC[C@H](CF)Oc2ccc(F)cc2[C@@H](C)Nc2ccn3ncc1c3n2. The minimum atomic E-state index is -0.749. The van der Waals surface area contributed by atoms with Crippen LogP contribution in [0.5, 0.6) is 5.75 Å². The van der Waals surface area contributed by atoms with Crippen molar-refractivity contribution in [2.24, 2.45) is 0 Å². The maximum absolute atomic E-state index is 13.8. The lowest BCUT2D eigenvalue weighted by molar-refractivity contribution is 0.164. The van der Waals surface area contributed by atoms with E-state index in [-0.39, 0.29) is 18.4 Å². The molecule has 0 saturated carbocycles. The van der Waals surface area contributed by atoms with E-state index in [4.69, 9.17) is 4.74 Å². The molecule has 27 heavy (non-hydrogen) atoms. The van der Waals surface area contributed by atoms with Crippen molar-refractivity contribution in [2.75, 3.05) is 18.5 Å². The topological polar surface area (TPSA) is 63.5 Å². The first-order chi connectivity index (χ1) is 13.0. The van der Waals surface area contributed by atoms with Gasteiger partial charge in [0.05, 0.1) is 24.3 Å². The fourth-order valence-corrected chi connectivity index (χ4v) is 3.07. The van der Waals surface area contributed by atoms with E-state index in [1.807, 2.05) is 6.92 Å². The first-order valence-corrected chi connectivity index (χ1v) is 8.61. The van der Waals surface area contributed by atoms with Gasteiger partial charge in [-0.3, -0.25) is 0 Å². The number of halogens is 2. The number of hydrogen-bond acceptors (Lipinski definition) is 5. The quantitative estimate of drug-likeness (QED) is 0.687. The highest BCUT2D eigenvalue weighted by Crippen LogP contribution is 2.30. The standard InChI is InChI=1S/C19H19F2N5O/c1-11-16-10-23-26-6-5-18(25-19(16)26)24-12(2)15-7-13(21)3-4-17(15)27-14(8-20)9-22-11/h3-7,10,12,14,22H,1,8-9H2,2H3,(H,24,25)/t12-,14+/m1/s1. The van der Waals surface area contributed by atoms with Crippen LogP contribution in [0.1, 0.15) is 24.1 Å². The molecule has 2 aromatic heterocycles. The van der Waals surface area contributed by atoms with E-state index >= 15 is 0 Å². The van der Waals surface area contributed by atoms with Crippen molar-refractivity contribution >= 4 is 17.2 Å². The van der Waals surface area contributed by atoms with Gasteiger partial charge in [0.2, 0.25) is 0 Å². The maximum Gasteiger partial charge on any atom is 0.166 e. The fraction of sp³-hybridized carbons (Fsp3) is 0.263. The zero-order valence-corrected chi connectivity index (χ0v) is 14.7. The molecule has 2 N–H and O–H groups in total. The molecule has 1 aromatic carbocycles. The van der Waals surface area contributed by atoms with Crippen LogP contribution < -0.4 is 15.4 Å². The van der Waals surface area contributed by atoms with Crippen LogP contribution in [-0.2, 0) is 0 Å². The number of aromatic nitrogens is 3. The molecule has 0 amide bonds. The van der Waals surface area contributed by atoms with Crippen molar-refractivity contribution in [2.45, 2.75) is 19.1 Å². The Hall–Kier alpha value is -3.16. The lowest BCUT2D eigenvalue weighted by atomic mass is 10.1. The number of fused-ring (bicyclic) bond motifs is 2. The predicted octanol–water partition coefficient (Wildman–Crippen LogP) is 3.33. The summed E-state index contributed by atoms with van der Waals surface area (Å²) >= 11 is 0. The first kappa shape index (κ1) is 17.3. The normalized spacial score (nSPS) is 19.9. The third-order valence-corrected chi connectivity index (χ3v) is 4.51. The van der Waals surface area contributed by atoms with Crippen molar-refractivity contribution in [3.63, 3.8) is 0 Å². The van der Waals surface area contributed by atoms with Gasteiger partial charge < -0.3 is 15.4 Å². The van der Waals surface area contributed by atoms with E-state index in [9.17, 15) is 8.78 Å². The van der Waals surface area contributed by atoms with Crippen LogP contribution in [0.25, 0.3) is 11.3 Å². The molecule has 0 radical (unpaired) electrons. The summed E-state index contributed by atoms with van der Waals surface area (Å²) in [4.78, 5) is 4.60. The maximum atomic E-state index is 13.8. The Kier molecular flexibility index (Phi) is 4.39. The summed E-state index contributed by atoms with van der Waals surface area (Å²) in [5, 5.41) is 10.6. The van der Waals surface area contributed by atoms with Gasteiger partial charge in [0, 0.05) is 17.5 Å². The van der Waals surface area contributed by atoms with Gasteiger partial charge in [-0.1, -0.05) is 6.58 Å². The summed E-state index contributed by atoms with van der Waals surface area (Å²) in [6.45, 7) is 5.37. The van der Waals surface area contributed by atoms with Gasteiger partial charge in [0.15, 0.2) is 5.65 Å². The van der Waals surface area contributed by atoms with Gasteiger partial charge in [-0.05, 0) is 31.2 Å². The molecule has 0 spiro atoms. The number of benzene rings is 1. The number of alkyl halides is 1. The summed E-state index contributed by atoms with van der Waals surface area (Å²) < 4.78 is 34.8. The number of ether oxygens (including phenoxy) is 1. The van der Waals surface area contributed by atoms with Crippen molar-refractivity contribution in [1.29, 1.82) is 0 Å². The molecule has 6 nitrogen and oxygen atoms in total. The second kappa shape index (κ2) is 6.86. The average molecular weight is 371 g/mol. The lowest BCUT2D eigenvalue weighted by Crippen LogP contribution is -2.32. The van der Waals surface area contributed by atoms with Crippen molar-refractivity contribution < 1.29 is 13.5 Å². The van der Waals surface area contributed by atoms with E-state index < -0.39 is 12.8 Å². The van der Waals surface area contributed by atoms with E-state index in [1.54, 1.807) is 23.0 Å². The summed E-state index contributed by atoms with van der Waals surface area (Å²) in [7, 11) is 0. The van der Waals surface area contributed by atoms with Crippen molar-refractivity contribution in [1.82, 2.24) is 19.9 Å². The number of rotatable bonds is 1. The second-order valence-corrected chi connectivity index (χ2v) is 6.44. The molecule has 8 heteroatoms. The lowest BCUT2D eigenvalue weighted by Gasteiger charge is -2.22. The summed E-state index contributed by atoms with van der Waals surface area (Å²) in [6, 6.07) is 5.67. The summed E-state index contributed by atoms with van der Waals surface area (Å²) in [5.74, 6) is 0.635. The molecule has 4 rings (SSSR count). The molecule has 2 bridgehead atoms. The molecule has 0 fully saturated rings. The van der Waals surface area contributed by atoms with Gasteiger partial charge in [-0.2, -0.15) is 5.10 Å². The zero-order chi connectivity index (χ0) is 19.0. The van der Waals surface area contributed by atoms with Crippen LogP contribution in [0.2, 0.25) is 0 Å². The third-order valence-electron chi connectivity index (χ3n) is 4.51. The van der Waals surface area contributed by atoms with Gasteiger partial charge in [-0.15, -0.1) is 0 Å². The second-order valence-electron chi connectivity index (χ2n) is 6.44. The molecule has 2 atom stereocenters. The molecule has 140 valence electrons. The highest BCUT2D eigenvalue weighted by atomic mass is 19.1. The number of nitrogens with one attached hydrogen (secondary N) is 2. The number of hydrogen-bond donors (Lipinski definition) is 2. The van der Waals surface area contributed by atoms with E-state index in [0.29, 0.717) is 34.0 Å². The molecule has 3 heterocycles. The van der Waals surface area contributed by atoms with E-state index in [0.717, 1.165) is 0 Å². The monoisotopic (exact) mass is 371 g/mol. The minimum absolute atomic E-state index is 0.199. The Morgan fingerprint density at radius 2 is 2.22 bits per heavy atom. The number of anilines is 1. The molecule has 3 aromatic rings. The number of nitrogens with zero attached hydrogens (tertiary/aromatic N) is 3. The fourth-order valence-electron chi connectivity index (χ4n) is 3.07. The van der Waals surface area contributed by atoms with Gasteiger partial charge in [0.1, 0.15) is 30.2 Å². The largest absolute Gasteiger partial charge is 0.485 e. The van der Waals surface area contributed by atoms with Gasteiger partial charge >= 0.3 is 0 Å². The van der Waals surface area contributed by atoms with Crippen LogP contribution in [-0.4, -0.2) is 33.9 Å². The Balaban J connectivity index is 1.82. The molecule has 1 aliphatic rings. The molecule has 0 unspecified atom stereocenters. The van der Waals surface area contributed by atoms with Gasteiger partial charge in [-0.25, -0.2) is 18.3 Å². The highest BCUT2D eigenvalue weighted by Gasteiger charge is 2.20. The van der Waals surface area contributed by atoms with Crippen LogP contribution in [0.4, 0.5) is 14.6 Å².